The highest BCUT2D eigenvalue weighted by Gasteiger charge is 2.09. The van der Waals surface area contributed by atoms with Crippen molar-refractivity contribution in [3.63, 3.8) is 0 Å². The number of carbonyl (C=O) groups excluding carboxylic acids is 1. The van der Waals surface area contributed by atoms with Crippen LogP contribution in [-0.4, -0.2) is 28.1 Å². The minimum atomic E-state index is -0.0601. The number of aromatic nitrogens is 2. The van der Waals surface area contributed by atoms with E-state index in [0.717, 1.165) is 22.1 Å². The van der Waals surface area contributed by atoms with Crippen LogP contribution in [0.25, 0.3) is 0 Å². The number of carbonyl (C=O) groups is 1. The van der Waals surface area contributed by atoms with Crippen molar-refractivity contribution >= 4 is 45.9 Å². The summed E-state index contributed by atoms with van der Waals surface area (Å²) in [5.41, 5.74) is 0.996. The SMILES string of the molecule is CCCSc1nnc(NC(=O)Cc2ccc(SC)cc2)s1. The third-order valence-electron chi connectivity index (χ3n) is 2.61. The third-order valence-corrected chi connectivity index (χ3v) is 5.53. The minimum absolute atomic E-state index is 0.0601. The van der Waals surface area contributed by atoms with E-state index in [2.05, 4.69) is 22.4 Å². The molecule has 2 aromatic rings. The quantitative estimate of drug-likeness (QED) is 0.611. The molecular weight excluding hydrogens is 322 g/mol. The van der Waals surface area contributed by atoms with Gasteiger partial charge in [-0.2, -0.15) is 0 Å². The van der Waals surface area contributed by atoms with E-state index in [4.69, 9.17) is 0 Å². The van der Waals surface area contributed by atoms with Crippen LogP contribution in [0.2, 0.25) is 0 Å². The van der Waals surface area contributed by atoms with E-state index in [9.17, 15) is 4.79 Å². The summed E-state index contributed by atoms with van der Waals surface area (Å²) >= 11 is 4.78. The maximum Gasteiger partial charge on any atom is 0.230 e. The second-order valence-electron chi connectivity index (χ2n) is 4.29. The van der Waals surface area contributed by atoms with E-state index >= 15 is 0 Å². The van der Waals surface area contributed by atoms with Crippen molar-refractivity contribution in [3.05, 3.63) is 29.8 Å². The smallest absolute Gasteiger partial charge is 0.230 e. The Kier molecular flexibility index (Phi) is 6.53. The van der Waals surface area contributed by atoms with Crippen molar-refractivity contribution in [3.8, 4) is 0 Å². The molecule has 0 saturated carbocycles. The van der Waals surface area contributed by atoms with Crippen LogP contribution in [0.4, 0.5) is 5.13 Å². The van der Waals surface area contributed by atoms with Crippen molar-refractivity contribution in [2.75, 3.05) is 17.3 Å². The van der Waals surface area contributed by atoms with Gasteiger partial charge in [-0.05, 0) is 30.4 Å². The lowest BCUT2D eigenvalue weighted by molar-refractivity contribution is -0.115. The van der Waals surface area contributed by atoms with Gasteiger partial charge in [0.1, 0.15) is 0 Å². The molecule has 0 aliphatic heterocycles. The minimum Gasteiger partial charge on any atom is -0.300 e. The van der Waals surface area contributed by atoms with Crippen molar-refractivity contribution in [1.29, 1.82) is 0 Å². The normalized spacial score (nSPS) is 10.6. The number of anilines is 1. The van der Waals surface area contributed by atoms with Crippen LogP contribution >= 0.6 is 34.9 Å². The molecule has 1 N–H and O–H groups in total. The first-order chi connectivity index (χ1) is 10.2. The van der Waals surface area contributed by atoms with Crippen LogP contribution in [0.15, 0.2) is 33.5 Å². The first-order valence-corrected chi connectivity index (χ1v) is 9.63. The van der Waals surface area contributed by atoms with Gasteiger partial charge in [0, 0.05) is 10.6 Å². The van der Waals surface area contributed by atoms with E-state index in [1.54, 1.807) is 23.5 Å². The van der Waals surface area contributed by atoms with Gasteiger partial charge in [-0.25, -0.2) is 0 Å². The highest BCUT2D eigenvalue weighted by Crippen LogP contribution is 2.25. The van der Waals surface area contributed by atoms with Gasteiger partial charge < -0.3 is 5.32 Å². The Balaban J connectivity index is 1.87. The van der Waals surface area contributed by atoms with Gasteiger partial charge in [0.2, 0.25) is 11.0 Å². The predicted octanol–water partition coefficient (Wildman–Crippen LogP) is 3.94. The molecule has 2 rings (SSSR count). The maximum absolute atomic E-state index is 12.0. The van der Waals surface area contributed by atoms with Crippen LogP contribution in [0.3, 0.4) is 0 Å². The molecule has 1 aromatic heterocycles. The van der Waals surface area contributed by atoms with Crippen LogP contribution in [0.5, 0.6) is 0 Å². The van der Waals surface area contributed by atoms with Gasteiger partial charge in [-0.15, -0.1) is 22.0 Å². The summed E-state index contributed by atoms with van der Waals surface area (Å²) < 4.78 is 0.900. The molecule has 21 heavy (non-hydrogen) atoms. The zero-order valence-corrected chi connectivity index (χ0v) is 14.4. The number of hydrogen-bond donors (Lipinski definition) is 1. The van der Waals surface area contributed by atoms with E-state index in [0.29, 0.717) is 11.6 Å². The van der Waals surface area contributed by atoms with E-state index in [1.807, 2.05) is 30.5 Å². The fraction of sp³-hybridized carbons (Fsp3) is 0.357. The van der Waals surface area contributed by atoms with Gasteiger partial charge in [-0.1, -0.05) is 42.2 Å². The van der Waals surface area contributed by atoms with Crippen molar-refractivity contribution < 1.29 is 4.79 Å². The van der Waals surface area contributed by atoms with Gasteiger partial charge in [0.15, 0.2) is 4.34 Å². The number of nitrogens with one attached hydrogen (secondary N) is 1. The first kappa shape index (κ1) is 16.3. The highest BCUT2D eigenvalue weighted by molar-refractivity contribution is 8.01. The molecule has 0 bridgehead atoms. The molecule has 0 atom stereocenters. The molecule has 1 heterocycles. The summed E-state index contributed by atoms with van der Waals surface area (Å²) in [4.78, 5) is 13.2. The highest BCUT2D eigenvalue weighted by atomic mass is 32.2. The number of rotatable bonds is 7. The Hall–Kier alpha value is -1.05. The molecule has 0 aliphatic carbocycles. The molecule has 4 nitrogen and oxygen atoms in total. The molecule has 7 heteroatoms. The lowest BCUT2D eigenvalue weighted by Crippen LogP contribution is -2.14. The van der Waals surface area contributed by atoms with Gasteiger partial charge in [0.05, 0.1) is 6.42 Å². The van der Waals surface area contributed by atoms with Crippen LogP contribution < -0.4 is 5.32 Å². The standard InChI is InChI=1S/C14H17N3OS3/c1-3-8-20-14-17-16-13(21-14)15-12(18)9-10-4-6-11(19-2)7-5-10/h4-7H,3,8-9H2,1-2H3,(H,15,16,18). The topological polar surface area (TPSA) is 54.9 Å². The molecule has 1 aromatic carbocycles. The summed E-state index contributed by atoms with van der Waals surface area (Å²) in [7, 11) is 0. The number of thioether (sulfide) groups is 2. The Morgan fingerprint density at radius 3 is 2.71 bits per heavy atom. The Morgan fingerprint density at radius 1 is 1.29 bits per heavy atom. The Morgan fingerprint density at radius 2 is 2.05 bits per heavy atom. The average Bonchev–Trinajstić information content (AvgIpc) is 2.93. The van der Waals surface area contributed by atoms with Crippen molar-refractivity contribution in [2.24, 2.45) is 0 Å². The second kappa shape index (κ2) is 8.41. The summed E-state index contributed by atoms with van der Waals surface area (Å²) in [5, 5.41) is 11.4. The molecule has 112 valence electrons. The fourth-order valence-corrected chi connectivity index (χ4v) is 3.70. The lowest BCUT2D eigenvalue weighted by Gasteiger charge is -2.02. The zero-order valence-electron chi connectivity index (χ0n) is 12.0. The van der Waals surface area contributed by atoms with Crippen LogP contribution in [0, 0.1) is 0 Å². The van der Waals surface area contributed by atoms with Crippen molar-refractivity contribution in [2.45, 2.75) is 29.0 Å². The zero-order chi connectivity index (χ0) is 15.1. The largest absolute Gasteiger partial charge is 0.300 e. The number of hydrogen-bond acceptors (Lipinski definition) is 6. The predicted molar refractivity (Wildman–Crippen MR) is 91.5 cm³/mol. The van der Waals surface area contributed by atoms with Crippen LogP contribution in [0.1, 0.15) is 18.9 Å². The summed E-state index contributed by atoms with van der Waals surface area (Å²) in [5.74, 6) is 0.958. The Labute approximate surface area is 137 Å². The van der Waals surface area contributed by atoms with Crippen molar-refractivity contribution in [1.82, 2.24) is 10.2 Å². The summed E-state index contributed by atoms with van der Waals surface area (Å²) in [6.45, 7) is 2.12. The van der Waals surface area contributed by atoms with E-state index in [-0.39, 0.29) is 5.91 Å². The monoisotopic (exact) mass is 339 g/mol. The molecular formula is C14H17N3OS3. The lowest BCUT2D eigenvalue weighted by atomic mass is 10.1. The number of nitrogens with zero attached hydrogens (tertiary/aromatic N) is 2. The van der Waals surface area contributed by atoms with E-state index < -0.39 is 0 Å². The van der Waals surface area contributed by atoms with Gasteiger partial charge in [0.25, 0.3) is 0 Å². The third kappa shape index (κ3) is 5.33. The fourth-order valence-electron chi connectivity index (χ4n) is 1.60. The van der Waals surface area contributed by atoms with Gasteiger partial charge >= 0.3 is 0 Å². The maximum atomic E-state index is 12.0. The first-order valence-electron chi connectivity index (χ1n) is 6.60. The summed E-state index contributed by atoms with van der Waals surface area (Å²) in [6, 6.07) is 8.01. The number of benzene rings is 1. The molecule has 0 saturated heterocycles. The number of amides is 1. The van der Waals surface area contributed by atoms with Crippen LogP contribution in [-0.2, 0) is 11.2 Å². The molecule has 1 amide bonds. The van der Waals surface area contributed by atoms with E-state index in [1.165, 1.54) is 16.2 Å². The van der Waals surface area contributed by atoms with Gasteiger partial charge in [-0.3, -0.25) is 4.79 Å². The molecule has 0 unspecified atom stereocenters. The molecule has 0 spiro atoms. The Bertz CT molecular complexity index is 583. The molecule has 0 radical (unpaired) electrons. The summed E-state index contributed by atoms with van der Waals surface area (Å²) in [6.07, 6.45) is 3.48. The molecule has 0 aliphatic rings. The average molecular weight is 340 g/mol. The molecule has 0 fully saturated rings. The second-order valence-corrected chi connectivity index (χ2v) is 7.49.